The van der Waals surface area contributed by atoms with E-state index < -0.39 is 5.82 Å². The molecule has 174 valence electrons. The number of anilines is 1. The summed E-state index contributed by atoms with van der Waals surface area (Å²) >= 11 is 0. The predicted molar refractivity (Wildman–Crippen MR) is 129 cm³/mol. The standard InChI is InChI=1S/C27H32FN3O2/c1-19(2)17-31(26(32)22-11-7-8-12-24(22)28)18-23-25(21-9-5-4-6-10-21)29-33-27(23)30-15-13-20(3)14-16-30/h4-12,19-20H,13-18H2,1-3H3. The lowest BCUT2D eigenvalue weighted by molar-refractivity contribution is 0.0718. The lowest BCUT2D eigenvalue weighted by Crippen LogP contribution is -2.36. The van der Waals surface area contributed by atoms with Crippen LogP contribution in [0.1, 0.15) is 49.5 Å². The van der Waals surface area contributed by atoms with Crippen molar-refractivity contribution >= 4 is 11.8 Å². The van der Waals surface area contributed by atoms with E-state index in [1.165, 1.54) is 6.07 Å². The topological polar surface area (TPSA) is 49.6 Å². The molecule has 5 nitrogen and oxygen atoms in total. The van der Waals surface area contributed by atoms with E-state index in [2.05, 4.69) is 30.8 Å². The SMILES string of the molecule is CC(C)CN(Cc1c(-c2ccccc2)noc1N1CCC(C)CC1)C(=O)c1ccccc1F. The minimum absolute atomic E-state index is 0.0872. The Morgan fingerprint density at radius 1 is 1.12 bits per heavy atom. The van der Waals surface area contributed by atoms with Gasteiger partial charge in [0, 0.05) is 25.2 Å². The monoisotopic (exact) mass is 449 g/mol. The first-order valence-electron chi connectivity index (χ1n) is 11.8. The second kappa shape index (κ2) is 10.2. The highest BCUT2D eigenvalue weighted by Gasteiger charge is 2.29. The molecule has 0 bridgehead atoms. The smallest absolute Gasteiger partial charge is 0.257 e. The van der Waals surface area contributed by atoms with Crippen LogP contribution < -0.4 is 4.90 Å². The Balaban J connectivity index is 1.73. The highest BCUT2D eigenvalue weighted by molar-refractivity contribution is 5.94. The molecular weight excluding hydrogens is 417 g/mol. The normalized spacial score (nSPS) is 14.6. The van der Waals surface area contributed by atoms with Crippen molar-refractivity contribution in [3.63, 3.8) is 0 Å². The molecular formula is C27H32FN3O2. The number of aromatic nitrogens is 1. The third-order valence-electron chi connectivity index (χ3n) is 6.21. The summed E-state index contributed by atoms with van der Waals surface area (Å²) in [5, 5.41) is 4.43. The van der Waals surface area contributed by atoms with Crippen LogP contribution in [0.15, 0.2) is 59.1 Å². The zero-order valence-electron chi connectivity index (χ0n) is 19.6. The molecule has 1 saturated heterocycles. The molecule has 0 unspecified atom stereocenters. The lowest BCUT2D eigenvalue weighted by Gasteiger charge is -2.31. The van der Waals surface area contributed by atoms with Gasteiger partial charge in [-0.2, -0.15) is 0 Å². The molecule has 3 aromatic rings. The number of piperidine rings is 1. The van der Waals surface area contributed by atoms with Crippen LogP contribution in [0.25, 0.3) is 11.3 Å². The summed E-state index contributed by atoms with van der Waals surface area (Å²) in [6, 6.07) is 16.0. The Morgan fingerprint density at radius 2 is 1.79 bits per heavy atom. The number of benzene rings is 2. The number of carbonyl (C=O) groups excluding carboxylic acids is 1. The van der Waals surface area contributed by atoms with Crippen molar-refractivity contribution in [1.82, 2.24) is 10.1 Å². The number of carbonyl (C=O) groups is 1. The number of rotatable bonds is 7. The van der Waals surface area contributed by atoms with Crippen LogP contribution in [0.2, 0.25) is 0 Å². The van der Waals surface area contributed by atoms with Crippen molar-refractivity contribution in [2.24, 2.45) is 11.8 Å². The van der Waals surface area contributed by atoms with E-state index in [1.54, 1.807) is 23.1 Å². The Hall–Kier alpha value is -3.15. The molecule has 2 heterocycles. The zero-order chi connectivity index (χ0) is 23.4. The highest BCUT2D eigenvalue weighted by Crippen LogP contribution is 2.35. The fourth-order valence-electron chi connectivity index (χ4n) is 4.38. The van der Waals surface area contributed by atoms with Crippen molar-refractivity contribution < 1.29 is 13.7 Å². The molecule has 33 heavy (non-hydrogen) atoms. The minimum Gasteiger partial charge on any atom is -0.340 e. The number of halogens is 1. The molecule has 1 aromatic heterocycles. The van der Waals surface area contributed by atoms with Gasteiger partial charge in [0.2, 0.25) is 5.88 Å². The van der Waals surface area contributed by atoms with Gasteiger partial charge < -0.3 is 14.3 Å². The molecule has 1 fully saturated rings. The van der Waals surface area contributed by atoms with E-state index in [1.807, 2.05) is 30.3 Å². The Kier molecular flexibility index (Phi) is 7.11. The summed E-state index contributed by atoms with van der Waals surface area (Å²) in [6.07, 6.45) is 2.18. The summed E-state index contributed by atoms with van der Waals surface area (Å²) in [5.41, 5.74) is 2.64. The van der Waals surface area contributed by atoms with Crippen LogP contribution in [0.3, 0.4) is 0 Å². The van der Waals surface area contributed by atoms with Crippen LogP contribution in [0.5, 0.6) is 0 Å². The van der Waals surface area contributed by atoms with Gasteiger partial charge in [0.25, 0.3) is 5.91 Å². The largest absolute Gasteiger partial charge is 0.340 e. The Bertz CT molecular complexity index is 1070. The van der Waals surface area contributed by atoms with Gasteiger partial charge in [-0.05, 0) is 36.8 Å². The summed E-state index contributed by atoms with van der Waals surface area (Å²) in [5.74, 6) is 0.799. The maximum atomic E-state index is 14.5. The predicted octanol–water partition coefficient (Wildman–Crippen LogP) is 6.02. The maximum absolute atomic E-state index is 14.5. The van der Waals surface area contributed by atoms with Crippen molar-refractivity contribution in [3.05, 3.63) is 71.5 Å². The first kappa shape index (κ1) is 23.0. The van der Waals surface area contributed by atoms with Gasteiger partial charge in [0.05, 0.1) is 17.7 Å². The van der Waals surface area contributed by atoms with Gasteiger partial charge >= 0.3 is 0 Å². The summed E-state index contributed by atoms with van der Waals surface area (Å²) in [4.78, 5) is 17.4. The average Bonchev–Trinajstić information content (AvgIpc) is 3.23. The van der Waals surface area contributed by atoms with Gasteiger partial charge in [-0.1, -0.05) is 68.4 Å². The fourth-order valence-corrected chi connectivity index (χ4v) is 4.38. The van der Waals surface area contributed by atoms with E-state index >= 15 is 0 Å². The van der Waals surface area contributed by atoms with Crippen molar-refractivity contribution in [1.29, 1.82) is 0 Å². The average molecular weight is 450 g/mol. The maximum Gasteiger partial charge on any atom is 0.257 e. The van der Waals surface area contributed by atoms with E-state index in [0.717, 1.165) is 48.6 Å². The van der Waals surface area contributed by atoms with E-state index in [0.29, 0.717) is 19.0 Å². The third-order valence-corrected chi connectivity index (χ3v) is 6.21. The van der Waals surface area contributed by atoms with Gasteiger partial charge in [-0.3, -0.25) is 4.79 Å². The zero-order valence-corrected chi connectivity index (χ0v) is 19.6. The molecule has 1 amide bonds. The molecule has 0 N–H and O–H groups in total. The lowest BCUT2D eigenvalue weighted by atomic mass is 9.98. The summed E-state index contributed by atoms with van der Waals surface area (Å²) < 4.78 is 20.4. The third kappa shape index (κ3) is 5.27. The fraction of sp³-hybridized carbons (Fsp3) is 0.407. The molecule has 1 aliphatic rings. The van der Waals surface area contributed by atoms with Crippen molar-refractivity contribution in [2.75, 3.05) is 24.5 Å². The van der Waals surface area contributed by atoms with Crippen LogP contribution in [0.4, 0.5) is 10.3 Å². The Labute approximate surface area is 195 Å². The quantitative estimate of drug-likeness (QED) is 0.443. The van der Waals surface area contributed by atoms with Crippen LogP contribution in [-0.2, 0) is 6.54 Å². The number of amides is 1. The van der Waals surface area contributed by atoms with Crippen molar-refractivity contribution in [3.8, 4) is 11.3 Å². The molecule has 6 heteroatoms. The van der Waals surface area contributed by atoms with E-state index in [9.17, 15) is 9.18 Å². The molecule has 0 aliphatic carbocycles. The van der Waals surface area contributed by atoms with E-state index in [4.69, 9.17) is 4.52 Å². The molecule has 1 aliphatic heterocycles. The van der Waals surface area contributed by atoms with Crippen LogP contribution in [-0.4, -0.2) is 35.6 Å². The Morgan fingerprint density at radius 3 is 2.45 bits per heavy atom. The van der Waals surface area contributed by atoms with E-state index in [-0.39, 0.29) is 17.4 Å². The summed E-state index contributed by atoms with van der Waals surface area (Å²) in [6.45, 7) is 8.97. The number of hydrogen-bond donors (Lipinski definition) is 0. The molecule has 0 saturated carbocycles. The van der Waals surface area contributed by atoms with Crippen LogP contribution in [0, 0.1) is 17.7 Å². The second-order valence-corrected chi connectivity index (χ2v) is 9.41. The summed E-state index contributed by atoms with van der Waals surface area (Å²) in [7, 11) is 0. The first-order chi connectivity index (χ1) is 15.9. The van der Waals surface area contributed by atoms with Gasteiger partial charge in [-0.15, -0.1) is 0 Å². The van der Waals surface area contributed by atoms with Gasteiger partial charge in [0.1, 0.15) is 11.5 Å². The minimum atomic E-state index is -0.505. The van der Waals surface area contributed by atoms with Gasteiger partial charge in [0.15, 0.2) is 0 Å². The molecule has 0 spiro atoms. The number of hydrogen-bond acceptors (Lipinski definition) is 4. The van der Waals surface area contributed by atoms with Gasteiger partial charge in [-0.25, -0.2) is 4.39 Å². The first-order valence-corrected chi connectivity index (χ1v) is 11.8. The molecule has 0 radical (unpaired) electrons. The van der Waals surface area contributed by atoms with Crippen LogP contribution >= 0.6 is 0 Å². The number of nitrogens with zero attached hydrogens (tertiary/aromatic N) is 3. The molecule has 2 aromatic carbocycles. The molecule has 4 rings (SSSR count). The van der Waals surface area contributed by atoms with Crippen molar-refractivity contribution in [2.45, 2.75) is 40.2 Å². The highest BCUT2D eigenvalue weighted by atomic mass is 19.1. The second-order valence-electron chi connectivity index (χ2n) is 9.41. The molecule has 0 atom stereocenters.